The number of pyridine rings is 1. The Morgan fingerprint density at radius 1 is 1.29 bits per heavy atom. The monoisotopic (exact) mass is 288 g/mol. The summed E-state index contributed by atoms with van der Waals surface area (Å²) in [5.41, 5.74) is 1.39. The van der Waals surface area contributed by atoms with Crippen LogP contribution in [-0.2, 0) is 11.3 Å². The number of carbonyl (C=O) groups excluding carboxylic acids is 1. The summed E-state index contributed by atoms with van der Waals surface area (Å²) in [4.78, 5) is 15.4. The highest BCUT2D eigenvalue weighted by Crippen LogP contribution is 2.18. The van der Waals surface area contributed by atoms with Crippen molar-refractivity contribution in [3.8, 4) is 11.4 Å². The summed E-state index contributed by atoms with van der Waals surface area (Å²) in [6.07, 6.45) is 5.53. The Labute approximate surface area is 122 Å². The quantitative estimate of drug-likeness (QED) is 0.939. The van der Waals surface area contributed by atoms with Gasteiger partial charge in [0.15, 0.2) is 0 Å². The lowest BCUT2D eigenvalue weighted by Crippen LogP contribution is -2.21. The molecule has 0 aliphatic carbocycles. The molecule has 0 saturated carbocycles. The second kappa shape index (κ2) is 6.03. The fourth-order valence-corrected chi connectivity index (χ4v) is 2.56. The van der Waals surface area contributed by atoms with Gasteiger partial charge < -0.3 is 5.32 Å². The number of amides is 1. The number of aromatic nitrogens is 3. The first-order valence-electron chi connectivity index (χ1n) is 7.13. The minimum atomic E-state index is -0.353. The van der Waals surface area contributed by atoms with Crippen LogP contribution in [0, 0.1) is 11.7 Å². The summed E-state index contributed by atoms with van der Waals surface area (Å²) in [6, 6.07) is 4.88. The van der Waals surface area contributed by atoms with Crippen LogP contribution in [0.3, 0.4) is 0 Å². The van der Waals surface area contributed by atoms with E-state index in [-0.39, 0.29) is 11.7 Å². The first-order chi connectivity index (χ1) is 10.2. The number of rotatable bonds is 3. The molecule has 1 N–H and O–H groups in total. The van der Waals surface area contributed by atoms with Crippen LogP contribution in [0.2, 0.25) is 0 Å². The molecule has 1 unspecified atom stereocenters. The van der Waals surface area contributed by atoms with Gasteiger partial charge in [-0.05, 0) is 37.0 Å². The predicted molar refractivity (Wildman–Crippen MR) is 75.8 cm³/mol. The minimum absolute atomic E-state index is 0.133. The number of hydrogen-bond acceptors (Lipinski definition) is 3. The summed E-state index contributed by atoms with van der Waals surface area (Å²) in [5.74, 6) is 0.223. The maximum absolute atomic E-state index is 12.9. The molecular formula is C15H17FN4O. The Hall–Kier alpha value is -2.24. The third-order valence-electron chi connectivity index (χ3n) is 3.73. The Morgan fingerprint density at radius 2 is 2.19 bits per heavy atom. The molecule has 3 heterocycles. The Bertz CT molecular complexity index is 623. The zero-order valence-electron chi connectivity index (χ0n) is 11.6. The molecule has 1 aliphatic rings. The summed E-state index contributed by atoms with van der Waals surface area (Å²) < 4.78 is 14.7. The van der Waals surface area contributed by atoms with Gasteiger partial charge in [-0.1, -0.05) is 0 Å². The van der Waals surface area contributed by atoms with Crippen molar-refractivity contribution in [3.63, 3.8) is 0 Å². The van der Waals surface area contributed by atoms with E-state index in [1.165, 1.54) is 12.3 Å². The first kappa shape index (κ1) is 13.7. The smallest absolute Gasteiger partial charge is 0.220 e. The van der Waals surface area contributed by atoms with Gasteiger partial charge in [0, 0.05) is 25.7 Å². The molecule has 6 heteroatoms. The van der Waals surface area contributed by atoms with Crippen molar-refractivity contribution >= 4 is 5.91 Å². The molecule has 1 atom stereocenters. The lowest BCUT2D eigenvalue weighted by Gasteiger charge is -2.12. The first-order valence-corrected chi connectivity index (χ1v) is 7.13. The molecule has 3 rings (SSSR count). The largest absolute Gasteiger partial charge is 0.356 e. The third-order valence-corrected chi connectivity index (χ3v) is 3.73. The highest BCUT2D eigenvalue weighted by Gasteiger charge is 2.17. The Balaban J connectivity index is 1.67. The molecule has 5 nitrogen and oxygen atoms in total. The highest BCUT2D eigenvalue weighted by molar-refractivity contribution is 5.76. The molecule has 0 radical (unpaired) electrons. The average molecular weight is 288 g/mol. The van der Waals surface area contributed by atoms with Crippen molar-refractivity contribution in [1.29, 1.82) is 0 Å². The molecule has 2 aromatic heterocycles. The van der Waals surface area contributed by atoms with Crippen molar-refractivity contribution in [2.75, 3.05) is 6.54 Å². The van der Waals surface area contributed by atoms with Crippen LogP contribution in [0.4, 0.5) is 4.39 Å². The zero-order chi connectivity index (χ0) is 14.7. The normalized spacial score (nSPS) is 19.1. The lowest BCUT2D eigenvalue weighted by atomic mass is 10.0. The van der Waals surface area contributed by atoms with E-state index in [0.717, 1.165) is 31.6 Å². The predicted octanol–water partition coefficient (Wildman–Crippen LogP) is 2.00. The number of carbonyl (C=O) groups is 1. The van der Waals surface area contributed by atoms with E-state index < -0.39 is 0 Å². The van der Waals surface area contributed by atoms with Gasteiger partial charge in [-0.3, -0.25) is 14.5 Å². The van der Waals surface area contributed by atoms with Crippen LogP contribution in [0.5, 0.6) is 0 Å². The van der Waals surface area contributed by atoms with Crippen molar-refractivity contribution in [3.05, 3.63) is 36.4 Å². The van der Waals surface area contributed by atoms with Gasteiger partial charge in [0.05, 0.1) is 11.9 Å². The zero-order valence-corrected chi connectivity index (χ0v) is 11.6. The van der Waals surface area contributed by atoms with E-state index in [1.807, 2.05) is 16.9 Å². The second-order valence-electron chi connectivity index (χ2n) is 5.33. The maximum Gasteiger partial charge on any atom is 0.220 e. The number of hydrogen-bond donors (Lipinski definition) is 1. The maximum atomic E-state index is 12.9. The highest BCUT2D eigenvalue weighted by atomic mass is 19.1. The van der Waals surface area contributed by atoms with Crippen LogP contribution >= 0.6 is 0 Å². The lowest BCUT2D eigenvalue weighted by molar-refractivity contribution is -0.120. The van der Waals surface area contributed by atoms with Crippen LogP contribution in [-0.4, -0.2) is 27.2 Å². The molecule has 1 amide bonds. The Morgan fingerprint density at radius 3 is 3.00 bits per heavy atom. The van der Waals surface area contributed by atoms with Crippen molar-refractivity contribution in [2.24, 2.45) is 5.92 Å². The van der Waals surface area contributed by atoms with Gasteiger partial charge in [0.2, 0.25) is 5.91 Å². The molecule has 1 saturated heterocycles. The summed E-state index contributed by atoms with van der Waals surface area (Å²) in [7, 11) is 0. The van der Waals surface area contributed by atoms with Crippen molar-refractivity contribution in [2.45, 2.75) is 25.8 Å². The second-order valence-corrected chi connectivity index (χ2v) is 5.33. The van der Waals surface area contributed by atoms with E-state index in [1.54, 1.807) is 6.07 Å². The summed E-state index contributed by atoms with van der Waals surface area (Å²) in [6.45, 7) is 1.52. The van der Waals surface area contributed by atoms with E-state index in [0.29, 0.717) is 18.0 Å². The molecule has 0 aromatic carbocycles. The molecule has 21 heavy (non-hydrogen) atoms. The van der Waals surface area contributed by atoms with Gasteiger partial charge in [-0.15, -0.1) is 0 Å². The van der Waals surface area contributed by atoms with E-state index in [2.05, 4.69) is 15.4 Å². The molecule has 1 aliphatic heterocycles. The van der Waals surface area contributed by atoms with Gasteiger partial charge in [-0.2, -0.15) is 5.10 Å². The fraction of sp³-hybridized carbons (Fsp3) is 0.400. The SMILES string of the molecule is O=C1CCC(Cn2ccc(-c3ccc(F)cn3)n2)CCN1. The number of nitrogens with zero attached hydrogens (tertiary/aromatic N) is 3. The van der Waals surface area contributed by atoms with Gasteiger partial charge in [-0.25, -0.2) is 4.39 Å². The Kier molecular flexibility index (Phi) is 3.94. The van der Waals surface area contributed by atoms with E-state index >= 15 is 0 Å². The average Bonchev–Trinajstić information content (AvgIpc) is 2.84. The van der Waals surface area contributed by atoms with E-state index in [4.69, 9.17) is 0 Å². The molecule has 1 fully saturated rings. The van der Waals surface area contributed by atoms with Gasteiger partial charge in [0.1, 0.15) is 11.5 Å². The van der Waals surface area contributed by atoms with Gasteiger partial charge >= 0.3 is 0 Å². The van der Waals surface area contributed by atoms with Crippen molar-refractivity contribution < 1.29 is 9.18 Å². The molecular weight excluding hydrogens is 271 g/mol. The summed E-state index contributed by atoms with van der Waals surface area (Å²) >= 11 is 0. The van der Waals surface area contributed by atoms with Gasteiger partial charge in [0.25, 0.3) is 0 Å². The fourth-order valence-electron chi connectivity index (χ4n) is 2.56. The molecule has 0 bridgehead atoms. The number of halogens is 1. The van der Waals surface area contributed by atoms with Crippen LogP contribution in [0.25, 0.3) is 11.4 Å². The standard InChI is InChI=1S/C15H17FN4O/c16-12-2-3-13(18-9-12)14-6-8-20(19-14)10-11-1-4-15(21)17-7-5-11/h2-3,6,8-9,11H,1,4-5,7,10H2,(H,17,21). The minimum Gasteiger partial charge on any atom is -0.356 e. The topological polar surface area (TPSA) is 59.8 Å². The summed E-state index contributed by atoms with van der Waals surface area (Å²) in [5, 5.41) is 7.36. The van der Waals surface area contributed by atoms with E-state index in [9.17, 15) is 9.18 Å². The van der Waals surface area contributed by atoms with Crippen molar-refractivity contribution in [1.82, 2.24) is 20.1 Å². The van der Waals surface area contributed by atoms with Crippen LogP contribution < -0.4 is 5.32 Å². The number of nitrogens with one attached hydrogen (secondary N) is 1. The van der Waals surface area contributed by atoms with Crippen LogP contribution in [0.15, 0.2) is 30.6 Å². The molecule has 0 spiro atoms. The molecule has 110 valence electrons. The third kappa shape index (κ3) is 3.45. The van der Waals surface area contributed by atoms with Crippen LogP contribution in [0.1, 0.15) is 19.3 Å². The molecule has 2 aromatic rings.